The first-order chi connectivity index (χ1) is 15.1. The molecule has 0 bridgehead atoms. The Hall–Kier alpha value is -3.00. The molecule has 7 nitrogen and oxygen atoms in total. The van der Waals surface area contributed by atoms with Gasteiger partial charge in [-0.3, -0.25) is 4.79 Å². The minimum absolute atomic E-state index is 0.145. The number of methoxy groups -OCH3 is 1. The molecule has 1 aliphatic heterocycles. The van der Waals surface area contributed by atoms with Gasteiger partial charge in [0.2, 0.25) is 5.91 Å². The minimum atomic E-state index is -0.227. The molecule has 2 aromatic carbocycles. The van der Waals surface area contributed by atoms with Gasteiger partial charge in [0.25, 0.3) is 0 Å². The lowest BCUT2D eigenvalue weighted by molar-refractivity contribution is -0.130. The molecule has 0 aliphatic carbocycles. The molecule has 0 saturated carbocycles. The Morgan fingerprint density at radius 1 is 1.00 bits per heavy atom. The van der Waals surface area contributed by atoms with Gasteiger partial charge in [0.15, 0.2) is 11.0 Å². The fourth-order valence-electron chi connectivity index (χ4n) is 3.70. The van der Waals surface area contributed by atoms with Gasteiger partial charge in [0.05, 0.1) is 12.4 Å². The van der Waals surface area contributed by atoms with Crippen LogP contribution in [0, 0.1) is 0 Å². The van der Waals surface area contributed by atoms with E-state index in [0.717, 1.165) is 48.5 Å². The zero-order valence-corrected chi connectivity index (χ0v) is 18.9. The van der Waals surface area contributed by atoms with E-state index >= 15 is 0 Å². The molecule has 0 radical (unpaired) electrons. The van der Waals surface area contributed by atoms with Crippen molar-refractivity contribution < 1.29 is 9.53 Å². The van der Waals surface area contributed by atoms with Crippen molar-refractivity contribution in [2.45, 2.75) is 17.3 Å². The second kappa shape index (κ2) is 9.43. The number of nitrogens with zero attached hydrogens (tertiary/aromatic N) is 5. The Morgan fingerprint density at radius 3 is 2.32 bits per heavy atom. The van der Waals surface area contributed by atoms with E-state index in [9.17, 15) is 4.79 Å². The van der Waals surface area contributed by atoms with Crippen LogP contribution < -0.4 is 9.64 Å². The van der Waals surface area contributed by atoms with Crippen LogP contribution in [-0.4, -0.2) is 64.1 Å². The van der Waals surface area contributed by atoms with E-state index in [4.69, 9.17) is 4.74 Å². The van der Waals surface area contributed by atoms with Gasteiger partial charge >= 0.3 is 0 Å². The molecule has 8 heteroatoms. The number of amides is 1. The number of anilines is 1. The van der Waals surface area contributed by atoms with E-state index in [1.54, 1.807) is 7.11 Å². The van der Waals surface area contributed by atoms with Gasteiger partial charge in [-0.05, 0) is 43.3 Å². The molecule has 0 spiro atoms. The van der Waals surface area contributed by atoms with Crippen LogP contribution in [0.1, 0.15) is 6.92 Å². The molecule has 3 aromatic rings. The highest BCUT2D eigenvalue weighted by Gasteiger charge is 2.27. The van der Waals surface area contributed by atoms with E-state index < -0.39 is 0 Å². The van der Waals surface area contributed by atoms with Gasteiger partial charge in [0, 0.05) is 44.5 Å². The maximum atomic E-state index is 13.0. The van der Waals surface area contributed by atoms with Gasteiger partial charge < -0.3 is 19.1 Å². The third kappa shape index (κ3) is 4.69. The lowest BCUT2D eigenvalue weighted by Crippen LogP contribution is -2.50. The summed E-state index contributed by atoms with van der Waals surface area (Å²) in [4.78, 5) is 17.3. The number of carbonyl (C=O) groups is 1. The summed E-state index contributed by atoms with van der Waals surface area (Å²) in [5.74, 6) is 1.71. The summed E-state index contributed by atoms with van der Waals surface area (Å²) in [7, 11) is 3.57. The molecular formula is C23H27N5O2S. The zero-order chi connectivity index (χ0) is 21.8. The monoisotopic (exact) mass is 437 g/mol. The minimum Gasteiger partial charge on any atom is -0.497 e. The predicted octanol–water partition coefficient (Wildman–Crippen LogP) is 3.32. The normalized spacial score (nSPS) is 15.1. The van der Waals surface area contributed by atoms with Gasteiger partial charge in [-0.1, -0.05) is 30.0 Å². The molecule has 31 heavy (non-hydrogen) atoms. The van der Waals surface area contributed by atoms with Crippen molar-refractivity contribution in [3.63, 3.8) is 0 Å². The predicted molar refractivity (Wildman–Crippen MR) is 124 cm³/mol. The summed E-state index contributed by atoms with van der Waals surface area (Å²) < 4.78 is 7.15. The number of hydrogen-bond donors (Lipinski definition) is 0. The number of para-hydroxylation sites is 1. The number of rotatable bonds is 6. The molecule has 1 amide bonds. The van der Waals surface area contributed by atoms with Crippen molar-refractivity contribution in [2.75, 3.05) is 38.2 Å². The summed E-state index contributed by atoms with van der Waals surface area (Å²) in [6.45, 7) is 5.10. The standard InChI is InChI=1S/C23H27N5O2S/c1-17(22(29)28-15-13-27(14-16-28)19-7-5-4-6-8-19)31-23-25-24-21(26(23)2)18-9-11-20(30-3)12-10-18/h4-12,17H,13-16H2,1-3H3. The molecule has 1 aromatic heterocycles. The van der Waals surface area contributed by atoms with Crippen molar-refractivity contribution in [2.24, 2.45) is 7.05 Å². The summed E-state index contributed by atoms with van der Waals surface area (Å²) >= 11 is 1.45. The average Bonchev–Trinajstić information content (AvgIpc) is 3.19. The number of aromatic nitrogens is 3. The molecular weight excluding hydrogens is 410 g/mol. The molecule has 162 valence electrons. The molecule has 0 N–H and O–H groups in total. The molecule has 1 unspecified atom stereocenters. The number of benzene rings is 2. The van der Waals surface area contributed by atoms with Crippen molar-refractivity contribution in [1.29, 1.82) is 0 Å². The van der Waals surface area contributed by atoms with Crippen LogP contribution >= 0.6 is 11.8 Å². The lowest BCUT2D eigenvalue weighted by Gasteiger charge is -2.37. The van der Waals surface area contributed by atoms with E-state index in [-0.39, 0.29) is 11.2 Å². The van der Waals surface area contributed by atoms with Crippen LogP contribution in [0.4, 0.5) is 5.69 Å². The fourth-order valence-corrected chi connectivity index (χ4v) is 4.60. The van der Waals surface area contributed by atoms with Crippen molar-refractivity contribution >= 4 is 23.4 Å². The SMILES string of the molecule is COc1ccc(-c2nnc(SC(C)C(=O)N3CCN(c4ccccc4)CC3)n2C)cc1. The molecule has 2 heterocycles. The van der Waals surface area contributed by atoms with Gasteiger partial charge in [0.1, 0.15) is 5.75 Å². The molecule has 1 atom stereocenters. The topological polar surface area (TPSA) is 63.5 Å². The van der Waals surface area contributed by atoms with Crippen molar-refractivity contribution in [3.8, 4) is 17.1 Å². The summed E-state index contributed by atoms with van der Waals surface area (Å²) in [5.41, 5.74) is 2.17. The number of piperazine rings is 1. The summed E-state index contributed by atoms with van der Waals surface area (Å²) in [6, 6.07) is 18.1. The second-order valence-electron chi connectivity index (χ2n) is 7.50. The first-order valence-corrected chi connectivity index (χ1v) is 11.2. The van der Waals surface area contributed by atoms with Crippen molar-refractivity contribution in [3.05, 3.63) is 54.6 Å². The van der Waals surface area contributed by atoms with Crippen LogP contribution in [0.3, 0.4) is 0 Å². The van der Waals surface area contributed by atoms with E-state index in [0.29, 0.717) is 0 Å². The number of thioether (sulfide) groups is 1. The quantitative estimate of drug-likeness (QED) is 0.552. The first-order valence-electron chi connectivity index (χ1n) is 10.4. The first kappa shape index (κ1) is 21.2. The van der Waals surface area contributed by atoms with E-state index in [1.807, 2.05) is 65.9 Å². The molecule has 1 aliphatic rings. The summed E-state index contributed by atoms with van der Waals surface area (Å²) in [5, 5.41) is 9.15. The van der Waals surface area contributed by atoms with E-state index in [1.165, 1.54) is 17.4 Å². The Balaban J connectivity index is 1.36. The number of carbonyl (C=O) groups excluding carboxylic acids is 1. The highest BCUT2D eigenvalue weighted by molar-refractivity contribution is 8.00. The smallest absolute Gasteiger partial charge is 0.236 e. The Morgan fingerprint density at radius 2 is 1.68 bits per heavy atom. The number of hydrogen-bond acceptors (Lipinski definition) is 6. The maximum absolute atomic E-state index is 13.0. The number of ether oxygens (including phenoxy) is 1. The third-order valence-electron chi connectivity index (χ3n) is 5.53. The summed E-state index contributed by atoms with van der Waals surface area (Å²) in [6.07, 6.45) is 0. The van der Waals surface area contributed by atoms with Crippen LogP contribution in [0.25, 0.3) is 11.4 Å². The Kier molecular flexibility index (Phi) is 6.46. The highest BCUT2D eigenvalue weighted by atomic mass is 32.2. The maximum Gasteiger partial charge on any atom is 0.236 e. The zero-order valence-electron chi connectivity index (χ0n) is 18.1. The van der Waals surface area contributed by atoms with Crippen LogP contribution in [0.5, 0.6) is 5.75 Å². The largest absolute Gasteiger partial charge is 0.497 e. The van der Waals surface area contributed by atoms with Gasteiger partial charge in [-0.2, -0.15) is 0 Å². The Bertz CT molecular complexity index is 1010. The third-order valence-corrected chi connectivity index (χ3v) is 6.65. The van der Waals surface area contributed by atoms with Crippen LogP contribution in [0.15, 0.2) is 59.8 Å². The molecule has 4 rings (SSSR count). The molecule has 1 fully saturated rings. The molecule has 1 saturated heterocycles. The fraction of sp³-hybridized carbons (Fsp3) is 0.348. The van der Waals surface area contributed by atoms with Crippen LogP contribution in [0.2, 0.25) is 0 Å². The van der Waals surface area contributed by atoms with Crippen LogP contribution in [-0.2, 0) is 11.8 Å². The van der Waals surface area contributed by atoms with Crippen molar-refractivity contribution in [1.82, 2.24) is 19.7 Å². The van der Waals surface area contributed by atoms with Gasteiger partial charge in [-0.15, -0.1) is 10.2 Å². The van der Waals surface area contributed by atoms with E-state index in [2.05, 4.69) is 27.2 Å². The second-order valence-corrected chi connectivity index (χ2v) is 8.81. The highest BCUT2D eigenvalue weighted by Crippen LogP contribution is 2.28. The Labute approximate surface area is 187 Å². The average molecular weight is 438 g/mol. The van der Waals surface area contributed by atoms with Gasteiger partial charge in [-0.25, -0.2) is 0 Å². The lowest BCUT2D eigenvalue weighted by atomic mass is 10.2.